The SMILES string of the molecule is CC(C)(C)OC(=O)N1CC(CC(=O)O)C2CCCCC21. The van der Waals surface area contributed by atoms with Crippen LogP contribution in [0.25, 0.3) is 0 Å². The van der Waals surface area contributed by atoms with Crippen LogP contribution in [0.4, 0.5) is 4.79 Å². The molecule has 0 radical (unpaired) electrons. The van der Waals surface area contributed by atoms with Crippen LogP contribution in [0.1, 0.15) is 52.9 Å². The Bertz CT molecular complexity index is 388. The van der Waals surface area contributed by atoms with E-state index >= 15 is 0 Å². The van der Waals surface area contributed by atoms with Crippen molar-refractivity contribution in [2.75, 3.05) is 6.54 Å². The first-order chi connectivity index (χ1) is 9.28. The highest BCUT2D eigenvalue weighted by atomic mass is 16.6. The van der Waals surface area contributed by atoms with Crippen molar-refractivity contribution in [3.8, 4) is 0 Å². The highest BCUT2D eigenvalue weighted by Crippen LogP contribution is 2.41. The second kappa shape index (κ2) is 5.62. The van der Waals surface area contributed by atoms with Gasteiger partial charge in [0.05, 0.1) is 6.42 Å². The summed E-state index contributed by atoms with van der Waals surface area (Å²) in [6.07, 6.45) is 4.12. The molecule has 0 bridgehead atoms. The lowest BCUT2D eigenvalue weighted by molar-refractivity contribution is -0.138. The summed E-state index contributed by atoms with van der Waals surface area (Å²) in [7, 11) is 0. The fraction of sp³-hybridized carbons (Fsp3) is 0.867. The monoisotopic (exact) mass is 283 g/mol. The van der Waals surface area contributed by atoms with E-state index in [4.69, 9.17) is 9.84 Å². The van der Waals surface area contributed by atoms with Crippen LogP contribution < -0.4 is 0 Å². The van der Waals surface area contributed by atoms with Crippen LogP contribution in [0.15, 0.2) is 0 Å². The Hall–Kier alpha value is -1.26. The zero-order valence-corrected chi connectivity index (χ0v) is 12.6. The number of likely N-dealkylation sites (tertiary alicyclic amines) is 1. The number of aliphatic carboxylic acids is 1. The Balaban J connectivity index is 2.09. The summed E-state index contributed by atoms with van der Waals surface area (Å²) in [6, 6.07) is 0.169. The van der Waals surface area contributed by atoms with Crippen LogP contribution in [0, 0.1) is 11.8 Å². The largest absolute Gasteiger partial charge is 0.481 e. The van der Waals surface area contributed by atoms with Crippen molar-refractivity contribution < 1.29 is 19.4 Å². The number of carboxylic acids is 1. The Morgan fingerprint density at radius 3 is 2.50 bits per heavy atom. The maximum Gasteiger partial charge on any atom is 0.410 e. The summed E-state index contributed by atoms with van der Waals surface area (Å²) in [6.45, 7) is 6.09. The van der Waals surface area contributed by atoms with Crippen LogP contribution in [0.3, 0.4) is 0 Å². The van der Waals surface area contributed by atoms with E-state index in [9.17, 15) is 9.59 Å². The quantitative estimate of drug-likeness (QED) is 0.846. The molecular formula is C15H25NO4. The van der Waals surface area contributed by atoms with Crippen molar-refractivity contribution in [1.29, 1.82) is 0 Å². The fourth-order valence-corrected chi connectivity index (χ4v) is 3.57. The van der Waals surface area contributed by atoms with E-state index in [-0.39, 0.29) is 24.5 Å². The Kier molecular flexibility index (Phi) is 4.25. The summed E-state index contributed by atoms with van der Waals surface area (Å²) in [4.78, 5) is 25.1. The van der Waals surface area contributed by atoms with E-state index in [2.05, 4.69) is 0 Å². The summed E-state index contributed by atoms with van der Waals surface area (Å²) >= 11 is 0. The smallest absolute Gasteiger partial charge is 0.410 e. The van der Waals surface area contributed by atoms with E-state index in [0.717, 1.165) is 25.7 Å². The standard InChI is InChI=1S/C15H25NO4/c1-15(2,3)20-14(19)16-9-10(8-13(17)18)11-6-4-5-7-12(11)16/h10-12H,4-9H2,1-3H3,(H,17,18). The molecule has 1 aliphatic heterocycles. The van der Waals surface area contributed by atoms with Gasteiger partial charge >= 0.3 is 12.1 Å². The molecule has 5 nitrogen and oxygen atoms in total. The summed E-state index contributed by atoms with van der Waals surface area (Å²) in [5.41, 5.74) is -0.508. The minimum atomic E-state index is -0.773. The zero-order chi connectivity index (χ0) is 14.9. The van der Waals surface area contributed by atoms with Crippen LogP contribution in [-0.2, 0) is 9.53 Å². The van der Waals surface area contributed by atoms with Crippen molar-refractivity contribution in [3.63, 3.8) is 0 Å². The molecule has 2 rings (SSSR count). The molecule has 1 aliphatic carbocycles. The lowest BCUT2D eigenvalue weighted by atomic mass is 9.78. The van der Waals surface area contributed by atoms with Crippen molar-refractivity contribution in [2.24, 2.45) is 11.8 Å². The van der Waals surface area contributed by atoms with Gasteiger partial charge in [-0.3, -0.25) is 4.79 Å². The highest BCUT2D eigenvalue weighted by molar-refractivity contribution is 5.70. The maximum absolute atomic E-state index is 12.3. The molecule has 3 unspecified atom stereocenters. The average Bonchev–Trinajstić information content (AvgIpc) is 2.66. The van der Waals surface area contributed by atoms with Crippen molar-refractivity contribution in [1.82, 2.24) is 4.90 Å². The lowest BCUT2D eigenvalue weighted by Crippen LogP contribution is -2.42. The summed E-state index contributed by atoms with van der Waals surface area (Å²) in [5, 5.41) is 9.04. The van der Waals surface area contributed by atoms with Crippen LogP contribution >= 0.6 is 0 Å². The molecule has 1 heterocycles. The molecule has 5 heteroatoms. The molecule has 2 aliphatic rings. The third-order valence-electron chi connectivity index (χ3n) is 4.28. The number of nitrogens with zero attached hydrogens (tertiary/aromatic N) is 1. The van der Waals surface area contributed by atoms with Crippen molar-refractivity contribution >= 4 is 12.1 Å². The molecular weight excluding hydrogens is 258 g/mol. The van der Waals surface area contributed by atoms with Gasteiger partial charge in [0, 0.05) is 12.6 Å². The number of rotatable bonds is 2. The van der Waals surface area contributed by atoms with Gasteiger partial charge in [-0.05, 0) is 45.4 Å². The molecule has 2 fully saturated rings. The van der Waals surface area contributed by atoms with Gasteiger partial charge in [0.2, 0.25) is 0 Å². The van der Waals surface area contributed by atoms with Crippen molar-refractivity contribution in [3.05, 3.63) is 0 Å². The first-order valence-corrected chi connectivity index (χ1v) is 7.49. The third kappa shape index (κ3) is 3.44. The molecule has 0 aromatic carbocycles. The van der Waals surface area contributed by atoms with Gasteiger partial charge in [-0.1, -0.05) is 12.8 Å². The second-order valence-electron chi connectivity index (χ2n) is 7.01. The number of amides is 1. The van der Waals surface area contributed by atoms with E-state index < -0.39 is 11.6 Å². The van der Waals surface area contributed by atoms with Gasteiger partial charge in [0.25, 0.3) is 0 Å². The van der Waals surface area contributed by atoms with Gasteiger partial charge in [0.1, 0.15) is 5.60 Å². The van der Waals surface area contributed by atoms with E-state index in [1.807, 2.05) is 20.8 Å². The second-order valence-corrected chi connectivity index (χ2v) is 7.01. The topological polar surface area (TPSA) is 66.8 Å². The Morgan fingerprint density at radius 2 is 1.90 bits per heavy atom. The Labute approximate surface area is 120 Å². The molecule has 1 N–H and O–H groups in total. The average molecular weight is 283 g/mol. The number of hydrogen-bond donors (Lipinski definition) is 1. The molecule has 20 heavy (non-hydrogen) atoms. The fourth-order valence-electron chi connectivity index (χ4n) is 3.57. The van der Waals surface area contributed by atoms with Crippen LogP contribution in [0.2, 0.25) is 0 Å². The molecule has 0 aromatic rings. The first kappa shape index (κ1) is 15.1. The minimum Gasteiger partial charge on any atom is -0.481 e. The molecule has 0 spiro atoms. The number of carbonyl (C=O) groups excluding carboxylic acids is 1. The molecule has 1 amide bonds. The molecule has 1 saturated carbocycles. The van der Waals surface area contributed by atoms with Crippen LogP contribution in [0.5, 0.6) is 0 Å². The molecule has 3 atom stereocenters. The highest BCUT2D eigenvalue weighted by Gasteiger charge is 2.46. The van der Waals surface area contributed by atoms with Gasteiger partial charge in [-0.2, -0.15) is 0 Å². The van der Waals surface area contributed by atoms with Crippen LogP contribution in [-0.4, -0.2) is 40.3 Å². The lowest BCUT2D eigenvalue weighted by Gasteiger charge is -2.33. The number of carboxylic acid groups (broad SMARTS) is 1. The third-order valence-corrected chi connectivity index (χ3v) is 4.28. The van der Waals surface area contributed by atoms with E-state index in [0.29, 0.717) is 12.5 Å². The zero-order valence-electron chi connectivity index (χ0n) is 12.6. The van der Waals surface area contributed by atoms with Gasteiger partial charge in [0.15, 0.2) is 0 Å². The summed E-state index contributed by atoms with van der Waals surface area (Å²) in [5.74, 6) is -0.372. The molecule has 114 valence electrons. The predicted octanol–water partition coefficient (Wildman–Crippen LogP) is 2.89. The number of carbonyl (C=O) groups is 2. The summed E-state index contributed by atoms with van der Waals surface area (Å²) < 4.78 is 5.46. The first-order valence-electron chi connectivity index (χ1n) is 7.49. The molecule has 0 aromatic heterocycles. The van der Waals surface area contributed by atoms with Gasteiger partial charge < -0.3 is 14.7 Å². The number of hydrogen-bond acceptors (Lipinski definition) is 3. The number of fused-ring (bicyclic) bond motifs is 1. The Morgan fingerprint density at radius 1 is 1.25 bits per heavy atom. The maximum atomic E-state index is 12.3. The van der Waals surface area contributed by atoms with Crippen molar-refractivity contribution in [2.45, 2.75) is 64.5 Å². The molecule has 1 saturated heterocycles. The van der Waals surface area contributed by atoms with E-state index in [1.165, 1.54) is 0 Å². The number of ether oxygens (including phenoxy) is 1. The van der Waals surface area contributed by atoms with Gasteiger partial charge in [-0.15, -0.1) is 0 Å². The van der Waals surface area contributed by atoms with Gasteiger partial charge in [-0.25, -0.2) is 4.79 Å². The van der Waals surface area contributed by atoms with E-state index in [1.54, 1.807) is 4.90 Å². The predicted molar refractivity (Wildman–Crippen MR) is 74.4 cm³/mol. The normalized spacial score (nSPS) is 29.9. The minimum absolute atomic E-state index is 0.0744.